The number of carbonyl (C=O) groups excluding carboxylic acids is 1. The fraction of sp³-hybridized carbons (Fsp3) is 0.880. The van der Waals surface area contributed by atoms with Crippen molar-refractivity contribution in [3.8, 4) is 0 Å². The fourth-order valence-corrected chi connectivity index (χ4v) is 6.99. The smallest absolute Gasteiger partial charge is 0.308 e. The molecular formula is C25H44O4Si. The van der Waals surface area contributed by atoms with Gasteiger partial charge in [0.1, 0.15) is 6.10 Å². The van der Waals surface area contributed by atoms with E-state index in [1.54, 1.807) is 0 Å². The maximum Gasteiger partial charge on any atom is 0.308 e. The SMILES string of the molecule is C[C@@H]1CC2=CC[C@H](C)[C@H](CC[C@@H]3C[C@@H](O[Si](C)(C)C(C)(C)C)CC(=O)O3)[C@H]2[C@@H](O)C1. The van der Waals surface area contributed by atoms with Crippen LogP contribution in [0.4, 0.5) is 0 Å². The molecule has 3 aliphatic rings. The highest BCUT2D eigenvalue weighted by atomic mass is 28.4. The van der Waals surface area contributed by atoms with Crippen LogP contribution in [0.5, 0.6) is 0 Å². The van der Waals surface area contributed by atoms with E-state index in [-0.39, 0.29) is 29.3 Å². The molecule has 0 spiro atoms. The average Bonchev–Trinajstić information content (AvgIpc) is 2.59. The highest BCUT2D eigenvalue weighted by Gasteiger charge is 2.43. The number of cyclic esters (lactones) is 1. The molecule has 2 aliphatic carbocycles. The van der Waals surface area contributed by atoms with E-state index in [9.17, 15) is 9.90 Å². The second kappa shape index (κ2) is 9.07. The largest absolute Gasteiger partial charge is 0.462 e. The van der Waals surface area contributed by atoms with Crippen molar-refractivity contribution >= 4 is 14.3 Å². The number of aliphatic hydroxyl groups excluding tert-OH is 1. The molecule has 0 bridgehead atoms. The zero-order valence-corrected chi connectivity index (χ0v) is 21.2. The zero-order chi connectivity index (χ0) is 22.3. The van der Waals surface area contributed by atoms with Gasteiger partial charge in [0.15, 0.2) is 8.32 Å². The molecule has 4 nitrogen and oxygen atoms in total. The summed E-state index contributed by atoms with van der Waals surface area (Å²) >= 11 is 0. The molecule has 0 aromatic rings. The van der Waals surface area contributed by atoms with Gasteiger partial charge in [0.25, 0.3) is 0 Å². The van der Waals surface area contributed by atoms with Crippen molar-refractivity contribution in [2.75, 3.05) is 0 Å². The van der Waals surface area contributed by atoms with Crippen molar-refractivity contribution in [2.45, 2.75) is 116 Å². The molecule has 1 aliphatic heterocycles. The van der Waals surface area contributed by atoms with Gasteiger partial charge in [0.05, 0.1) is 18.6 Å². The minimum Gasteiger partial charge on any atom is -0.462 e. The summed E-state index contributed by atoms with van der Waals surface area (Å²) in [5.74, 6) is 1.81. The zero-order valence-electron chi connectivity index (χ0n) is 20.2. The predicted octanol–water partition coefficient (Wildman–Crippen LogP) is 5.85. The third kappa shape index (κ3) is 5.39. The van der Waals surface area contributed by atoms with Gasteiger partial charge in [-0.15, -0.1) is 0 Å². The van der Waals surface area contributed by atoms with Crippen LogP contribution in [0.1, 0.15) is 79.6 Å². The number of hydrogen-bond donors (Lipinski definition) is 1. The molecule has 0 unspecified atom stereocenters. The van der Waals surface area contributed by atoms with Crippen molar-refractivity contribution in [3.63, 3.8) is 0 Å². The van der Waals surface area contributed by atoms with Crippen molar-refractivity contribution < 1.29 is 19.1 Å². The second-order valence-corrected chi connectivity index (χ2v) is 16.7. The van der Waals surface area contributed by atoms with Crippen LogP contribution in [0.15, 0.2) is 11.6 Å². The summed E-state index contributed by atoms with van der Waals surface area (Å²) in [6.07, 6.45) is 8.34. The standard InChI is InChI=1S/C25H44O4Si/c1-16-12-18-9-8-17(2)21(24(18)22(26)13-16)11-10-19-14-20(15-23(27)28-19)29-30(6,7)25(3,4)5/h9,16-17,19-22,24,26H,8,10-15H2,1-7H3/t16-,17+,19-,20-,21+,22+,24+/m1/s1. The molecule has 0 radical (unpaired) electrons. The summed E-state index contributed by atoms with van der Waals surface area (Å²) in [6.45, 7) is 15.8. The third-order valence-corrected chi connectivity index (χ3v) is 12.9. The number of rotatable bonds is 5. The van der Waals surface area contributed by atoms with Crippen LogP contribution in [-0.4, -0.2) is 37.7 Å². The van der Waals surface area contributed by atoms with Crippen LogP contribution in [0.25, 0.3) is 0 Å². The van der Waals surface area contributed by atoms with Crippen LogP contribution in [0.3, 0.4) is 0 Å². The summed E-state index contributed by atoms with van der Waals surface area (Å²) < 4.78 is 12.3. The Labute approximate surface area is 184 Å². The molecule has 0 aromatic carbocycles. The summed E-state index contributed by atoms with van der Waals surface area (Å²) in [6, 6.07) is 0. The van der Waals surface area contributed by atoms with Crippen LogP contribution < -0.4 is 0 Å². The lowest BCUT2D eigenvalue weighted by atomic mass is 9.62. The summed E-state index contributed by atoms with van der Waals surface area (Å²) in [7, 11) is -1.90. The fourth-order valence-electron chi connectivity index (χ4n) is 5.62. The van der Waals surface area contributed by atoms with Crippen molar-refractivity contribution in [1.82, 2.24) is 0 Å². The van der Waals surface area contributed by atoms with Gasteiger partial charge in [0.2, 0.25) is 0 Å². The van der Waals surface area contributed by atoms with Gasteiger partial charge < -0.3 is 14.3 Å². The van der Waals surface area contributed by atoms with Gasteiger partial charge in [-0.05, 0) is 68.0 Å². The van der Waals surface area contributed by atoms with Crippen molar-refractivity contribution in [1.29, 1.82) is 0 Å². The number of allylic oxidation sites excluding steroid dienone is 1. The predicted molar refractivity (Wildman–Crippen MR) is 124 cm³/mol. The number of carbonyl (C=O) groups is 1. The van der Waals surface area contributed by atoms with Gasteiger partial charge in [-0.3, -0.25) is 4.79 Å². The number of hydrogen-bond acceptors (Lipinski definition) is 4. The van der Waals surface area contributed by atoms with E-state index in [1.165, 1.54) is 5.57 Å². The molecule has 0 amide bonds. The maximum atomic E-state index is 12.3. The quantitative estimate of drug-likeness (QED) is 0.333. The summed E-state index contributed by atoms with van der Waals surface area (Å²) in [5.41, 5.74) is 1.48. The highest BCUT2D eigenvalue weighted by Crippen LogP contribution is 2.47. The molecule has 2 fully saturated rings. The monoisotopic (exact) mass is 436 g/mol. The Hall–Kier alpha value is -0.653. The van der Waals surface area contributed by atoms with E-state index in [0.717, 1.165) is 38.5 Å². The first kappa shape index (κ1) is 24.0. The molecule has 172 valence electrons. The number of aliphatic hydroxyl groups is 1. The third-order valence-electron chi connectivity index (χ3n) is 8.32. The average molecular weight is 437 g/mol. The Morgan fingerprint density at radius 3 is 2.53 bits per heavy atom. The van der Waals surface area contributed by atoms with Crippen LogP contribution in [-0.2, 0) is 14.0 Å². The van der Waals surface area contributed by atoms with Crippen LogP contribution in [0, 0.1) is 23.7 Å². The lowest BCUT2D eigenvalue weighted by Crippen LogP contribution is -2.47. The van der Waals surface area contributed by atoms with Crippen molar-refractivity contribution in [2.24, 2.45) is 23.7 Å². The molecular weight excluding hydrogens is 392 g/mol. The molecule has 1 saturated heterocycles. The first-order chi connectivity index (χ1) is 13.9. The lowest BCUT2D eigenvalue weighted by molar-refractivity contribution is -0.160. The molecule has 3 rings (SSSR count). The van der Waals surface area contributed by atoms with E-state index < -0.39 is 8.32 Å². The maximum absolute atomic E-state index is 12.3. The van der Waals surface area contributed by atoms with E-state index in [2.05, 4.69) is 53.8 Å². The molecule has 1 N–H and O–H groups in total. The van der Waals surface area contributed by atoms with Crippen molar-refractivity contribution in [3.05, 3.63) is 11.6 Å². The number of esters is 1. The molecule has 1 heterocycles. The number of fused-ring (bicyclic) bond motifs is 1. The van der Waals surface area contributed by atoms with E-state index in [4.69, 9.17) is 9.16 Å². The molecule has 1 saturated carbocycles. The first-order valence-electron chi connectivity index (χ1n) is 12.1. The summed E-state index contributed by atoms with van der Waals surface area (Å²) in [5, 5.41) is 11.0. The minimum atomic E-state index is -1.90. The van der Waals surface area contributed by atoms with Gasteiger partial charge in [-0.25, -0.2) is 0 Å². The van der Waals surface area contributed by atoms with Crippen LogP contribution in [0.2, 0.25) is 18.1 Å². The lowest BCUT2D eigenvalue weighted by Gasteiger charge is -2.45. The van der Waals surface area contributed by atoms with E-state index >= 15 is 0 Å². The first-order valence-corrected chi connectivity index (χ1v) is 15.0. The van der Waals surface area contributed by atoms with Gasteiger partial charge in [-0.1, -0.05) is 46.3 Å². The molecule has 7 atom stereocenters. The van der Waals surface area contributed by atoms with Crippen LogP contribution >= 0.6 is 0 Å². The second-order valence-electron chi connectivity index (χ2n) is 11.9. The Bertz CT molecular complexity index is 650. The Morgan fingerprint density at radius 1 is 1.17 bits per heavy atom. The molecule has 0 aromatic heterocycles. The molecule has 5 heteroatoms. The normalized spacial score (nSPS) is 37.9. The van der Waals surface area contributed by atoms with Gasteiger partial charge in [-0.2, -0.15) is 0 Å². The van der Waals surface area contributed by atoms with E-state index in [1.807, 2.05) is 0 Å². The Kier molecular flexibility index (Phi) is 7.26. The Balaban J connectivity index is 1.62. The topological polar surface area (TPSA) is 55.8 Å². The van der Waals surface area contributed by atoms with E-state index in [0.29, 0.717) is 30.1 Å². The minimum absolute atomic E-state index is 0.0162. The highest BCUT2D eigenvalue weighted by molar-refractivity contribution is 6.74. The summed E-state index contributed by atoms with van der Waals surface area (Å²) in [4.78, 5) is 12.3. The Morgan fingerprint density at radius 2 is 1.87 bits per heavy atom. The van der Waals surface area contributed by atoms with Gasteiger partial charge >= 0.3 is 5.97 Å². The van der Waals surface area contributed by atoms with Gasteiger partial charge in [0, 0.05) is 12.3 Å². The molecule has 30 heavy (non-hydrogen) atoms. The number of ether oxygens (including phenoxy) is 1.